The molecule has 0 aromatic carbocycles. The molecule has 3 unspecified atom stereocenters. The van der Waals surface area contributed by atoms with Crippen molar-refractivity contribution >= 4 is 75.2 Å². The second kappa shape index (κ2) is 11.8. The Morgan fingerprint density at radius 1 is 1.51 bits per heavy atom. The van der Waals surface area contributed by atoms with E-state index in [2.05, 4.69) is 36.1 Å². The minimum absolute atomic E-state index is 0.0924. The number of H-pyrrole nitrogens is 1. The maximum absolute atomic E-state index is 13.1. The summed E-state index contributed by atoms with van der Waals surface area (Å²) in [5.41, 5.74) is 4.42. The van der Waals surface area contributed by atoms with Crippen LogP contribution in [-0.4, -0.2) is 112 Å². The zero-order valence-corrected chi connectivity index (χ0v) is 22.5. The highest BCUT2D eigenvalue weighted by Gasteiger charge is 2.60. The largest absolute Gasteiger partial charge is 0.481 e. The number of nitrogens with one attached hydrogen (secondary N) is 2. The van der Waals surface area contributed by atoms with Crippen LogP contribution in [0.2, 0.25) is 0 Å². The van der Waals surface area contributed by atoms with Crippen molar-refractivity contribution in [2.24, 2.45) is 10.6 Å². The molecule has 0 bridgehead atoms. The zero-order chi connectivity index (χ0) is 26.6. The number of rotatable bonds is 12. The third kappa shape index (κ3) is 5.64. The summed E-state index contributed by atoms with van der Waals surface area (Å²) in [6.07, 6.45) is 1.96. The molecule has 2 aliphatic rings. The number of carbonyl (C=O) groups excluding carboxylic acids is 2. The topological polar surface area (TPSA) is 222 Å². The highest BCUT2D eigenvalue weighted by molar-refractivity contribution is 8.01. The molecule has 0 aliphatic carbocycles. The first kappa shape index (κ1) is 27.4. The van der Waals surface area contributed by atoms with Crippen molar-refractivity contribution in [1.29, 1.82) is 0 Å². The summed E-state index contributed by atoms with van der Waals surface area (Å²) in [5, 5.41) is 40.8. The molecule has 2 aromatic rings. The van der Waals surface area contributed by atoms with Crippen molar-refractivity contribution in [3.8, 4) is 0 Å². The number of amides is 2. The standard InChI is InChI=1S/C18H23N9O6S4/c1-34-7-33-24-10(8-4-35-16(19)20-8)12(29)21-11-13(30)27-5-18(15(31)32,6-36-14(11)27)9(2-3-28)37-17-22-25-26-23-17/h4,9,11,14,28H,2-3,5-7H2,1H3,(H2,19,20)(H,21,29)(H,31,32)(H,22,23,25,26)/t9?,11?,14-,18?/m1/s1. The lowest BCUT2D eigenvalue weighted by Crippen LogP contribution is -2.75. The average Bonchev–Trinajstić information content (AvgIpc) is 3.56. The van der Waals surface area contributed by atoms with Crippen molar-refractivity contribution in [3.63, 3.8) is 0 Å². The third-order valence-corrected chi connectivity index (χ3v) is 9.64. The number of aliphatic hydroxyl groups is 1. The van der Waals surface area contributed by atoms with Crippen LogP contribution in [0.25, 0.3) is 0 Å². The number of carboxylic acids is 1. The normalized spacial score (nSPS) is 24.2. The zero-order valence-electron chi connectivity index (χ0n) is 19.3. The molecule has 2 fully saturated rings. The van der Waals surface area contributed by atoms with Crippen LogP contribution in [0.15, 0.2) is 15.7 Å². The van der Waals surface area contributed by atoms with Gasteiger partial charge in [-0.2, -0.15) is 0 Å². The van der Waals surface area contributed by atoms with Gasteiger partial charge in [0, 0.05) is 29.5 Å². The number of hydrogen-bond acceptors (Lipinski definition) is 15. The predicted molar refractivity (Wildman–Crippen MR) is 138 cm³/mol. The number of fused-ring (bicyclic) bond motifs is 1. The van der Waals surface area contributed by atoms with E-state index in [1.807, 2.05) is 0 Å². The number of aromatic nitrogens is 5. The number of hydrogen-bond donors (Lipinski definition) is 5. The number of anilines is 1. The Kier molecular flexibility index (Phi) is 8.78. The molecule has 4 rings (SSSR count). The second-order valence-corrected chi connectivity index (χ2v) is 12.0. The fourth-order valence-corrected chi connectivity index (χ4v) is 7.50. The number of thiazole rings is 1. The predicted octanol–water partition coefficient (Wildman–Crippen LogP) is -0.706. The van der Waals surface area contributed by atoms with Crippen LogP contribution in [0.4, 0.5) is 5.13 Å². The second-order valence-electron chi connectivity index (χ2n) is 7.95. The summed E-state index contributed by atoms with van der Waals surface area (Å²) in [6, 6.07) is -0.881. The molecule has 0 saturated carbocycles. The van der Waals surface area contributed by atoms with Crippen LogP contribution >= 0.6 is 46.6 Å². The lowest BCUT2D eigenvalue weighted by atomic mass is 9.82. The number of thioether (sulfide) groups is 3. The molecule has 6 N–H and O–H groups in total. The smallest absolute Gasteiger partial charge is 0.313 e. The van der Waals surface area contributed by atoms with Crippen molar-refractivity contribution in [2.45, 2.75) is 28.2 Å². The number of carboxylic acid groups (broad SMARTS) is 1. The Morgan fingerprint density at radius 2 is 2.32 bits per heavy atom. The molecule has 2 amide bonds. The highest BCUT2D eigenvalue weighted by atomic mass is 32.2. The summed E-state index contributed by atoms with van der Waals surface area (Å²) < 4.78 is 0. The summed E-state index contributed by atoms with van der Waals surface area (Å²) in [6.45, 7) is -0.346. The monoisotopic (exact) mass is 589 g/mol. The summed E-state index contributed by atoms with van der Waals surface area (Å²) >= 11 is 4.85. The van der Waals surface area contributed by atoms with Gasteiger partial charge in [0.15, 0.2) is 16.8 Å². The maximum Gasteiger partial charge on any atom is 0.313 e. The van der Waals surface area contributed by atoms with Gasteiger partial charge in [0.05, 0.1) is 0 Å². The van der Waals surface area contributed by atoms with E-state index >= 15 is 0 Å². The molecule has 4 atom stereocenters. The van der Waals surface area contributed by atoms with E-state index < -0.39 is 39.9 Å². The van der Waals surface area contributed by atoms with Gasteiger partial charge in [0.1, 0.15) is 22.5 Å². The number of nitrogens with two attached hydrogens (primary N) is 1. The molecule has 19 heteroatoms. The number of carbonyl (C=O) groups is 3. The number of nitrogen functional groups attached to an aromatic ring is 1. The summed E-state index contributed by atoms with van der Waals surface area (Å²) in [7, 11) is 0. The fourth-order valence-electron chi connectivity index (χ4n) is 3.91. The molecule has 2 aliphatic heterocycles. The van der Waals surface area contributed by atoms with E-state index in [1.165, 1.54) is 28.4 Å². The van der Waals surface area contributed by atoms with Crippen molar-refractivity contribution in [1.82, 2.24) is 35.8 Å². The van der Waals surface area contributed by atoms with Crippen LogP contribution in [0.1, 0.15) is 12.1 Å². The number of oxime groups is 1. The Labute approximate surface area is 226 Å². The molecular formula is C18H23N9O6S4. The van der Waals surface area contributed by atoms with Gasteiger partial charge in [-0.3, -0.25) is 14.4 Å². The lowest BCUT2D eigenvalue weighted by molar-refractivity contribution is -0.158. The lowest BCUT2D eigenvalue weighted by Gasteiger charge is -2.55. The van der Waals surface area contributed by atoms with Crippen LogP contribution < -0.4 is 11.1 Å². The molecular weight excluding hydrogens is 567 g/mol. The van der Waals surface area contributed by atoms with E-state index in [1.54, 1.807) is 11.6 Å². The Hall–Kier alpha value is -2.61. The van der Waals surface area contributed by atoms with Gasteiger partial charge in [-0.15, -0.1) is 40.0 Å². The van der Waals surface area contributed by atoms with Crippen LogP contribution in [0, 0.1) is 5.41 Å². The average molecular weight is 590 g/mol. The number of aromatic amines is 1. The number of aliphatic hydroxyl groups excluding tert-OH is 1. The molecule has 200 valence electrons. The molecule has 4 heterocycles. The molecule has 0 radical (unpaired) electrons. The molecule has 0 spiro atoms. The van der Waals surface area contributed by atoms with Crippen LogP contribution in [-0.2, 0) is 19.2 Å². The van der Waals surface area contributed by atoms with Gasteiger partial charge in [-0.25, -0.2) is 10.1 Å². The Bertz CT molecular complexity index is 1160. The highest BCUT2D eigenvalue weighted by Crippen LogP contribution is 2.48. The SMILES string of the molecule is CSCON=C(C(=O)NC1C(=O)N2CC(C(=O)O)(C(CCO)Sc3nnn[nH]3)CS[C@H]12)c1csc(N)n1. The van der Waals surface area contributed by atoms with E-state index in [-0.39, 0.29) is 47.8 Å². The van der Waals surface area contributed by atoms with E-state index in [4.69, 9.17) is 10.6 Å². The van der Waals surface area contributed by atoms with Gasteiger partial charge in [-0.05, 0) is 23.1 Å². The Morgan fingerprint density at radius 3 is 2.95 bits per heavy atom. The van der Waals surface area contributed by atoms with Gasteiger partial charge >= 0.3 is 5.97 Å². The Balaban J connectivity index is 1.48. The van der Waals surface area contributed by atoms with Crippen LogP contribution in [0.5, 0.6) is 0 Å². The maximum atomic E-state index is 13.1. The van der Waals surface area contributed by atoms with Gasteiger partial charge in [-0.1, -0.05) is 16.9 Å². The van der Waals surface area contributed by atoms with E-state index in [0.717, 1.165) is 23.1 Å². The first-order valence-corrected chi connectivity index (χ1v) is 14.9. The minimum Gasteiger partial charge on any atom is -0.481 e. The number of nitrogens with zero attached hydrogens (tertiary/aromatic N) is 6. The quantitative estimate of drug-likeness (QED) is 0.0516. The molecule has 37 heavy (non-hydrogen) atoms. The third-order valence-electron chi connectivity index (χ3n) is 5.71. The van der Waals surface area contributed by atoms with Crippen molar-refractivity contribution < 1.29 is 29.4 Å². The number of aliphatic carboxylic acids is 1. The number of β-lactam (4-membered cyclic amide) rings is 1. The fraction of sp³-hybridized carbons (Fsp3) is 0.556. The van der Waals surface area contributed by atoms with E-state index in [9.17, 15) is 24.6 Å². The molecule has 2 aromatic heterocycles. The first-order valence-electron chi connectivity index (χ1n) is 10.7. The molecule has 15 nitrogen and oxygen atoms in total. The first-order chi connectivity index (χ1) is 17.8. The van der Waals surface area contributed by atoms with Gasteiger partial charge in [0.2, 0.25) is 11.1 Å². The van der Waals surface area contributed by atoms with E-state index in [0.29, 0.717) is 5.16 Å². The van der Waals surface area contributed by atoms with Crippen LogP contribution in [0.3, 0.4) is 0 Å². The van der Waals surface area contributed by atoms with Gasteiger partial charge in [0.25, 0.3) is 5.91 Å². The molecule has 2 saturated heterocycles. The van der Waals surface area contributed by atoms with Gasteiger partial charge < -0.3 is 31.0 Å². The minimum atomic E-state index is -1.37. The summed E-state index contributed by atoms with van der Waals surface area (Å²) in [4.78, 5) is 49.3. The van der Waals surface area contributed by atoms with Crippen molar-refractivity contribution in [2.75, 3.05) is 36.8 Å². The van der Waals surface area contributed by atoms with Crippen molar-refractivity contribution in [3.05, 3.63) is 11.1 Å². The number of tetrazole rings is 1. The summed E-state index contributed by atoms with van der Waals surface area (Å²) in [5.74, 6) is -1.83.